The normalized spacial score (nSPS) is 10.2. The van der Waals surface area contributed by atoms with E-state index in [0.29, 0.717) is 18.2 Å². The summed E-state index contributed by atoms with van der Waals surface area (Å²) >= 11 is 5.93. The Balaban J connectivity index is 2.22. The molecule has 0 saturated heterocycles. The number of nitrogens with one attached hydrogen (secondary N) is 1. The van der Waals surface area contributed by atoms with Gasteiger partial charge in [-0.3, -0.25) is 4.79 Å². The lowest BCUT2D eigenvalue weighted by Gasteiger charge is -2.07. The van der Waals surface area contributed by atoms with Crippen LogP contribution in [0.1, 0.15) is 5.56 Å². The molecule has 1 rings (SSSR count). The number of hydrogen-bond donors (Lipinski definition) is 1. The summed E-state index contributed by atoms with van der Waals surface area (Å²) in [6.45, 7) is 1.56. The highest BCUT2D eigenvalue weighted by atomic mass is 35.5. The Hall–Kier alpha value is -1.10. The van der Waals surface area contributed by atoms with Gasteiger partial charge in [0.2, 0.25) is 0 Å². The van der Waals surface area contributed by atoms with Crippen molar-refractivity contribution < 1.29 is 14.3 Å². The molecule has 0 unspecified atom stereocenters. The molecule has 0 aliphatic carbocycles. The molecule has 0 radical (unpaired) electrons. The van der Waals surface area contributed by atoms with Crippen LogP contribution in [-0.4, -0.2) is 32.8 Å². The standard InChI is InChI=1S/C12H16ClNO3/c1-16-7-6-14-8-12(15)17-9-10-4-2-3-5-11(10)13/h2-5,14H,6-9H2,1H3. The molecule has 0 aromatic heterocycles. The maximum Gasteiger partial charge on any atom is 0.320 e. The SMILES string of the molecule is COCCNCC(=O)OCc1ccccc1Cl. The Labute approximate surface area is 106 Å². The average molecular weight is 258 g/mol. The van der Waals surface area contributed by atoms with Gasteiger partial charge in [0.15, 0.2) is 0 Å². The highest BCUT2D eigenvalue weighted by molar-refractivity contribution is 6.31. The first-order valence-corrected chi connectivity index (χ1v) is 5.70. The lowest BCUT2D eigenvalue weighted by molar-refractivity contribution is -0.143. The van der Waals surface area contributed by atoms with Gasteiger partial charge >= 0.3 is 5.97 Å². The predicted molar refractivity (Wildman–Crippen MR) is 66.0 cm³/mol. The third-order valence-electron chi connectivity index (χ3n) is 2.10. The minimum absolute atomic E-state index is 0.174. The minimum Gasteiger partial charge on any atom is -0.460 e. The number of hydrogen-bond acceptors (Lipinski definition) is 4. The van der Waals surface area contributed by atoms with Crippen molar-refractivity contribution in [3.8, 4) is 0 Å². The Kier molecular flexibility index (Phi) is 6.62. The number of carbonyl (C=O) groups is 1. The van der Waals surface area contributed by atoms with Crippen LogP contribution in [0.2, 0.25) is 5.02 Å². The number of rotatable bonds is 7. The zero-order chi connectivity index (χ0) is 12.5. The Morgan fingerprint density at radius 2 is 2.18 bits per heavy atom. The average Bonchev–Trinajstić information content (AvgIpc) is 2.34. The highest BCUT2D eigenvalue weighted by Crippen LogP contribution is 2.15. The summed E-state index contributed by atoms with van der Waals surface area (Å²) in [5.41, 5.74) is 0.805. The van der Waals surface area contributed by atoms with Crippen molar-refractivity contribution in [1.82, 2.24) is 5.32 Å². The molecule has 0 bridgehead atoms. The summed E-state index contributed by atoms with van der Waals surface area (Å²) in [6.07, 6.45) is 0. The predicted octanol–water partition coefficient (Wildman–Crippen LogP) is 1.62. The van der Waals surface area contributed by atoms with Gasteiger partial charge in [0.25, 0.3) is 0 Å². The monoisotopic (exact) mass is 257 g/mol. The molecule has 0 heterocycles. The molecule has 5 heteroatoms. The molecule has 0 atom stereocenters. The summed E-state index contributed by atoms with van der Waals surface area (Å²) < 4.78 is 9.90. The fourth-order valence-electron chi connectivity index (χ4n) is 1.19. The Morgan fingerprint density at radius 3 is 2.88 bits per heavy atom. The van der Waals surface area contributed by atoms with Crippen molar-refractivity contribution in [3.63, 3.8) is 0 Å². The lowest BCUT2D eigenvalue weighted by atomic mass is 10.2. The van der Waals surface area contributed by atoms with E-state index < -0.39 is 0 Å². The van der Waals surface area contributed by atoms with Gasteiger partial charge in [0.1, 0.15) is 6.61 Å². The summed E-state index contributed by atoms with van der Waals surface area (Å²) in [7, 11) is 1.61. The molecule has 0 fully saturated rings. The molecule has 1 N–H and O–H groups in total. The topological polar surface area (TPSA) is 47.6 Å². The van der Waals surface area contributed by atoms with Crippen LogP contribution in [-0.2, 0) is 20.9 Å². The smallest absolute Gasteiger partial charge is 0.320 e. The number of halogens is 1. The second-order valence-electron chi connectivity index (χ2n) is 3.42. The number of benzene rings is 1. The Bertz CT molecular complexity index is 357. The molecule has 94 valence electrons. The van der Waals surface area contributed by atoms with E-state index in [4.69, 9.17) is 21.1 Å². The first-order valence-electron chi connectivity index (χ1n) is 5.32. The van der Waals surface area contributed by atoms with Crippen molar-refractivity contribution in [2.45, 2.75) is 6.61 Å². The van der Waals surface area contributed by atoms with Gasteiger partial charge in [0, 0.05) is 24.2 Å². The largest absolute Gasteiger partial charge is 0.460 e. The van der Waals surface area contributed by atoms with Gasteiger partial charge < -0.3 is 14.8 Å². The molecule has 0 amide bonds. The van der Waals surface area contributed by atoms with Gasteiger partial charge in [-0.15, -0.1) is 0 Å². The third-order valence-corrected chi connectivity index (χ3v) is 2.47. The van der Waals surface area contributed by atoms with Crippen molar-refractivity contribution in [2.24, 2.45) is 0 Å². The molecule has 0 aliphatic rings. The van der Waals surface area contributed by atoms with Crippen molar-refractivity contribution in [1.29, 1.82) is 0 Å². The first kappa shape index (κ1) is 14.0. The third kappa shape index (κ3) is 5.68. The van der Waals surface area contributed by atoms with Crippen LogP contribution >= 0.6 is 11.6 Å². The van der Waals surface area contributed by atoms with Gasteiger partial charge in [-0.25, -0.2) is 0 Å². The van der Waals surface area contributed by atoms with Gasteiger partial charge in [0.05, 0.1) is 13.2 Å². The van der Waals surface area contributed by atoms with E-state index in [1.54, 1.807) is 13.2 Å². The van der Waals surface area contributed by atoms with Crippen LogP contribution in [0.4, 0.5) is 0 Å². The zero-order valence-electron chi connectivity index (χ0n) is 9.74. The second kappa shape index (κ2) is 8.06. The van der Waals surface area contributed by atoms with Crippen molar-refractivity contribution in [3.05, 3.63) is 34.9 Å². The van der Waals surface area contributed by atoms with E-state index in [1.807, 2.05) is 18.2 Å². The number of esters is 1. The van der Waals surface area contributed by atoms with E-state index in [0.717, 1.165) is 5.56 Å². The Morgan fingerprint density at radius 1 is 1.41 bits per heavy atom. The summed E-state index contributed by atoms with van der Waals surface area (Å²) in [4.78, 5) is 11.3. The molecule has 1 aromatic rings. The molecular weight excluding hydrogens is 242 g/mol. The van der Waals surface area contributed by atoms with Crippen LogP contribution in [0.15, 0.2) is 24.3 Å². The first-order chi connectivity index (χ1) is 8.24. The fraction of sp³-hybridized carbons (Fsp3) is 0.417. The highest BCUT2D eigenvalue weighted by Gasteiger charge is 2.04. The van der Waals surface area contributed by atoms with Crippen molar-refractivity contribution in [2.75, 3.05) is 26.8 Å². The summed E-state index contributed by atoms with van der Waals surface area (Å²) in [5.74, 6) is -0.305. The molecule has 17 heavy (non-hydrogen) atoms. The van der Waals surface area contributed by atoms with Crippen LogP contribution in [0.3, 0.4) is 0 Å². The van der Waals surface area contributed by atoms with E-state index in [2.05, 4.69) is 5.32 Å². The van der Waals surface area contributed by atoms with E-state index in [9.17, 15) is 4.79 Å². The number of ether oxygens (including phenoxy) is 2. The number of carbonyl (C=O) groups excluding carboxylic acids is 1. The maximum absolute atomic E-state index is 11.3. The molecule has 1 aromatic carbocycles. The van der Waals surface area contributed by atoms with Crippen LogP contribution < -0.4 is 5.32 Å². The summed E-state index contributed by atoms with van der Waals surface area (Å²) in [6, 6.07) is 7.28. The lowest BCUT2D eigenvalue weighted by Crippen LogP contribution is -2.27. The zero-order valence-corrected chi connectivity index (χ0v) is 10.5. The molecule has 0 aliphatic heterocycles. The van der Waals surface area contributed by atoms with Gasteiger partial charge in [-0.2, -0.15) is 0 Å². The van der Waals surface area contributed by atoms with E-state index in [1.165, 1.54) is 0 Å². The number of methoxy groups -OCH3 is 1. The molecular formula is C12H16ClNO3. The van der Waals surface area contributed by atoms with E-state index >= 15 is 0 Å². The van der Waals surface area contributed by atoms with Crippen LogP contribution in [0.25, 0.3) is 0 Å². The minimum atomic E-state index is -0.305. The second-order valence-corrected chi connectivity index (χ2v) is 3.83. The molecule has 4 nitrogen and oxygen atoms in total. The maximum atomic E-state index is 11.3. The van der Waals surface area contributed by atoms with E-state index in [-0.39, 0.29) is 19.1 Å². The van der Waals surface area contributed by atoms with Crippen LogP contribution in [0, 0.1) is 0 Å². The summed E-state index contributed by atoms with van der Waals surface area (Å²) in [5, 5.41) is 3.51. The molecule has 0 saturated carbocycles. The quantitative estimate of drug-likeness (QED) is 0.596. The van der Waals surface area contributed by atoms with Crippen molar-refractivity contribution >= 4 is 17.6 Å². The molecule has 0 spiro atoms. The van der Waals surface area contributed by atoms with Gasteiger partial charge in [-0.1, -0.05) is 29.8 Å². The van der Waals surface area contributed by atoms with Gasteiger partial charge in [-0.05, 0) is 6.07 Å². The fourth-order valence-corrected chi connectivity index (χ4v) is 1.38. The van der Waals surface area contributed by atoms with Crippen LogP contribution in [0.5, 0.6) is 0 Å².